The van der Waals surface area contributed by atoms with E-state index in [-0.39, 0.29) is 28.9 Å². The van der Waals surface area contributed by atoms with Gasteiger partial charge in [-0.05, 0) is 60.5 Å². The van der Waals surface area contributed by atoms with Crippen LogP contribution in [0, 0.1) is 5.82 Å². The largest absolute Gasteiger partial charge is 0.435 e. The Kier molecular flexibility index (Phi) is 8.04. The molecule has 0 N–H and O–H groups in total. The third-order valence-corrected chi connectivity index (χ3v) is 7.88. The molecule has 0 aromatic heterocycles. The number of sulfonamides is 1. The third kappa shape index (κ3) is 6.02. The number of carbonyl (C=O) groups is 1. The molecule has 0 saturated heterocycles. The second kappa shape index (κ2) is 11.0. The fourth-order valence-corrected chi connectivity index (χ4v) is 5.64. The van der Waals surface area contributed by atoms with Crippen LogP contribution in [0.25, 0.3) is 11.1 Å². The summed E-state index contributed by atoms with van der Waals surface area (Å²) < 4.78 is 117. The third-order valence-electron chi connectivity index (χ3n) is 6.14. The number of ether oxygens (including phenoxy) is 2. The highest BCUT2D eigenvalue weighted by Gasteiger charge is 2.38. The van der Waals surface area contributed by atoms with Crippen molar-refractivity contribution < 1.29 is 49.0 Å². The average Bonchev–Trinajstić information content (AvgIpc) is 2.88. The maximum absolute atomic E-state index is 14.2. The molecule has 0 spiro atoms. The molecule has 0 radical (unpaired) electrons. The number of rotatable bonds is 8. The highest BCUT2D eigenvalue weighted by Crippen LogP contribution is 2.38. The number of alkyl halides is 5. The summed E-state index contributed by atoms with van der Waals surface area (Å²) in [5.41, 5.74) is -1.33. The number of halogens is 6. The van der Waals surface area contributed by atoms with Crippen LogP contribution < -0.4 is 9.04 Å². The van der Waals surface area contributed by atoms with Crippen LogP contribution in [0.1, 0.15) is 22.8 Å². The Bertz CT molecular complexity index is 1530. The Labute approximate surface area is 225 Å². The van der Waals surface area contributed by atoms with Gasteiger partial charge in [-0.1, -0.05) is 12.1 Å². The molecule has 0 bridgehead atoms. The Balaban J connectivity index is 1.87. The summed E-state index contributed by atoms with van der Waals surface area (Å²) in [6.07, 6.45) is -5.33. The summed E-state index contributed by atoms with van der Waals surface area (Å²) in [6, 6.07) is 9.81. The predicted molar refractivity (Wildman–Crippen MR) is 132 cm³/mol. The van der Waals surface area contributed by atoms with E-state index < -0.39 is 63.5 Å². The molecule has 0 aliphatic carbocycles. The van der Waals surface area contributed by atoms with Gasteiger partial charge in [-0.25, -0.2) is 17.1 Å². The van der Waals surface area contributed by atoms with Crippen LogP contribution in [0.2, 0.25) is 0 Å². The first-order chi connectivity index (χ1) is 18.7. The maximum atomic E-state index is 14.2. The van der Waals surface area contributed by atoms with Gasteiger partial charge in [0, 0.05) is 19.7 Å². The summed E-state index contributed by atoms with van der Waals surface area (Å²) in [5, 5.41) is 0. The molecule has 4 rings (SSSR count). The van der Waals surface area contributed by atoms with Crippen LogP contribution in [-0.2, 0) is 20.9 Å². The summed E-state index contributed by atoms with van der Waals surface area (Å²) in [4.78, 5) is 13.8. The number of benzene rings is 3. The molecule has 1 aliphatic rings. The van der Waals surface area contributed by atoms with Gasteiger partial charge in [-0.2, -0.15) is 22.0 Å². The van der Waals surface area contributed by atoms with Gasteiger partial charge in [0.15, 0.2) is 0 Å². The van der Waals surface area contributed by atoms with Crippen molar-refractivity contribution in [3.8, 4) is 16.9 Å². The Hall–Kier alpha value is -3.78. The molecule has 1 atom stereocenters. The second-order valence-electron chi connectivity index (χ2n) is 8.88. The van der Waals surface area contributed by atoms with E-state index in [2.05, 4.69) is 4.74 Å². The first-order valence-corrected chi connectivity index (χ1v) is 13.1. The Morgan fingerprint density at radius 3 is 2.38 bits per heavy atom. The lowest BCUT2D eigenvalue weighted by atomic mass is 10.00. The van der Waals surface area contributed by atoms with Gasteiger partial charge >= 0.3 is 12.8 Å². The highest BCUT2D eigenvalue weighted by atomic mass is 32.2. The number of methoxy groups -OCH3 is 1. The van der Waals surface area contributed by atoms with Gasteiger partial charge in [0.25, 0.3) is 15.9 Å². The second-order valence-corrected chi connectivity index (χ2v) is 10.7. The minimum Gasteiger partial charge on any atom is -0.435 e. The van der Waals surface area contributed by atoms with E-state index >= 15 is 0 Å². The Morgan fingerprint density at radius 1 is 1.00 bits per heavy atom. The Morgan fingerprint density at radius 2 is 1.73 bits per heavy atom. The summed E-state index contributed by atoms with van der Waals surface area (Å²) in [7, 11) is -3.30. The highest BCUT2D eigenvalue weighted by molar-refractivity contribution is 7.92. The molecular formula is C26H22F6N2O5S. The zero-order valence-electron chi connectivity index (χ0n) is 21.0. The summed E-state index contributed by atoms with van der Waals surface area (Å²) in [6.45, 7) is -2.20. The lowest BCUT2D eigenvalue weighted by Crippen LogP contribution is -2.51. The molecule has 0 saturated carbocycles. The SMILES string of the molecule is COC(C)CN1CN(S(=O)(=O)c2cccc(C(F)(F)F)c2)c2cc(-c3cc(F)cc(OC(F)F)c3)ccc2C1=O. The number of hydrogen-bond acceptors (Lipinski definition) is 5. The molecule has 3 aromatic carbocycles. The molecule has 1 unspecified atom stereocenters. The zero-order chi connectivity index (χ0) is 29.4. The quantitative estimate of drug-likeness (QED) is 0.313. The van der Waals surface area contributed by atoms with Gasteiger partial charge in [-0.3, -0.25) is 4.79 Å². The first-order valence-electron chi connectivity index (χ1n) is 11.6. The number of carbonyl (C=O) groups excluding carboxylic acids is 1. The van der Waals surface area contributed by atoms with Crippen LogP contribution in [0.4, 0.5) is 32.0 Å². The normalized spacial score (nSPS) is 14.9. The zero-order valence-corrected chi connectivity index (χ0v) is 21.8. The molecule has 1 aliphatic heterocycles. The molecular weight excluding hydrogens is 566 g/mol. The van der Waals surface area contributed by atoms with Crippen LogP contribution >= 0.6 is 0 Å². The summed E-state index contributed by atoms with van der Waals surface area (Å²) >= 11 is 0. The van der Waals surface area contributed by atoms with Gasteiger partial charge in [0.2, 0.25) is 0 Å². The van der Waals surface area contributed by atoms with Crippen molar-refractivity contribution in [3.05, 3.63) is 77.6 Å². The van der Waals surface area contributed by atoms with Crippen molar-refractivity contribution >= 4 is 21.6 Å². The fourth-order valence-electron chi connectivity index (χ4n) is 4.16. The number of amides is 1. The molecule has 1 heterocycles. The standard InChI is InChI=1S/C26H22F6N2O5S/c1-15(38-2)13-33-14-34(40(36,37)21-5-3-4-18(11-21)26(30,31)32)23-10-16(6-7-22(23)24(33)35)17-8-19(27)12-20(9-17)39-25(28)29/h3-12,15,25H,13-14H2,1-2H3. The fraction of sp³-hybridized carbons (Fsp3) is 0.269. The number of nitrogens with zero attached hydrogens (tertiary/aromatic N) is 2. The molecule has 7 nitrogen and oxygen atoms in total. The monoisotopic (exact) mass is 588 g/mol. The van der Waals surface area contributed by atoms with E-state index in [1.54, 1.807) is 6.92 Å². The topological polar surface area (TPSA) is 76.2 Å². The lowest BCUT2D eigenvalue weighted by Gasteiger charge is -2.38. The molecule has 14 heteroatoms. The number of hydrogen-bond donors (Lipinski definition) is 0. The minimum atomic E-state index is -4.82. The van der Waals surface area contributed by atoms with Crippen molar-refractivity contribution in [1.29, 1.82) is 0 Å². The molecule has 3 aromatic rings. The molecule has 1 amide bonds. The van der Waals surface area contributed by atoms with Gasteiger partial charge < -0.3 is 14.4 Å². The van der Waals surface area contributed by atoms with Crippen molar-refractivity contribution in [2.24, 2.45) is 0 Å². The van der Waals surface area contributed by atoms with Crippen LogP contribution in [-0.4, -0.2) is 52.3 Å². The van der Waals surface area contributed by atoms with E-state index in [9.17, 15) is 39.6 Å². The van der Waals surface area contributed by atoms with E-state index in [1.807, 2.05) is 0 Å². The predicted octanol–water partition coefficient (Wildman–Crippen LogP) is 5.76. The van der Waals surface area contributed by atoms with Gasteiger partial charge in [0.1, 0.15) is 18.2 Å². The van der Waals surface area contributed by atoms with Crippen LogP contribution in [0.15, 0.2) is 65.6 Å². The number of anilines is 1. The summed E-state index contributed by atoms with van der Waals surface area (Å²) in [5.74, 6) is -2.00. The van der Waals surface area contributed by atoms with Gasteiger partial charge in [-0.15, -0.1) is 0 Å². The van der Waals surface area contributed by atoms with E-state index in [0.29, 0.717) is 6.07 Å². The molecule has 40 heavy (non-hydrogen) atoms. The van der Waals surface area contributed by atoms with Crippen LogP contribution in [0.3, 0.4) is 0 Å². The molecule has 214 valence electrons. The molecule has 0 fully saturated rings. The van der Waals surface area contributed by atoms with E-state index in [0.717, 1.165) is 45.6 Å². The average molecular weight is 589 g/mol. The lowest BCUT2D eigenvalue weighted by molar-refractivity contribution is -0.137. The van der Waals surface area contributed by atoms with E-state index in [1.165, 1.54) is 25.3 Å². The van der Waals surface area contributed by atoms with Crippen molar-refractivity contribution in [3.63, 3.8) is 0 Å². The van der Waals surface area contributed by atoms with Crippen molar-refractivity contribution in [1.82, 2.24) is 4.90 Å². The maximum Gasteiger partial charge on any atom is 0.416 e. The van der Waals surface area contributed by atoms with Crippen molar-refractivity contribution in [2.75, 3.05) is 24.6 Å². The first kappa shape index (κ1) is 29.2. The van der Waals surface area contributed by atoms with Crippen molar-refractivity contribution in [2.45, 2.75) is 30.7 Å². The number of fused-ring (bicyclic) bond motifs is 1. The van der Waals surface area contributed by atoms with Crippen LogP contribution in [0.5, 0.6) is 5.75 Å². The van der Waals surface area contributed by atoms with Gasteiger partial charge in [0.05, 0.1) is 27.8 Å². The minimum absolute atomic E-state index is 0.0257. The van der Waals surface area contributed by atoms with E-state index in [4.69, 9.17) is 4.74 Å². The smallest absolute Gasteiger partial charge is 0.416 e.